The first kappa shape index (κ1) is 14.8. The van der Waals surface area contributed by atoms with Gasteiger partial charge in [0.1, 0.15) is 0 Å². The van der Waals surface area contributed by atoms with Crippen molar-refractivity contribution in [1.82, 2.24) is 4.98 Å². The topological polar surface area (TPSA) is 30.0 Å². The number of hydrogen-bond acceptors (Lipinski definition) is 2. The van der Waals surface area contributed by atoms with Gasteiger partial charge in [-0.15, -0.1) is 0 Å². The molecule has 0 atom stereocenters. The SMILES string of the molecule is CCc1cccc(-c2nc(CP=O)c(F)c3ccccc23)c1. The Kier molecular flexibility index (Phi) is 4.26. The highest BCUT2D eigenvalue weighted by Crippen LogP contribution is 2.31. The fourth-order valence-electron chi connectivity index (χ4n) is 2.61. The van der Waals surface area contributed by atoms with Gasteiger partial charge in [0.25, 0.3) is 0 Å². The minimum Gasteiger partial charge on any atom is -0.275 e. The molecular formula is C18H15FNOP. The Morgan fingerprint density at radius 2 is 1.86 bits per heavy atom. The molecule has 1 heterocycles. The highest BCUT2D eigenvalue weighted by molar-refractivity contribution is 7.22. The summed E-state index contributed by atoms with van der Waals surface area (Å²) in [7, 11) is -0.131. The van der Waals surface area contributed by atoms with E-state index in [9.17, 15) is 8.96 Å². The van der Waals surface area contributed by atoms with Gasteiger partial charge in [0.15, 0.2) is 14.3 Å². The summed E-state index contributed by atoms with van der Waals surface area (Å²) in [5.74, 6) is -0.380. The van der Waals surface area contributed by atoms with Gasteiger partial charge in [-0.1, -0.05) is 49.4 Å². The third-order valence-corrected chi connectivity index (χ3v) is 4.17. The molecule has 0 amide bonds. The monoisotopic (exact) mass is 311 g/mol. The van der Waals surface area contributed by atoms with Gasteiger partial charge in [-0.05, 0) is 18.1 Å². The molecule has 1 aromatic heterocycles. The normalized spacial score (nSPS) is 11.2. The molecule has 0 aliphatic rings. The second-order valence-electron chi connectivity index (χ2n) is 5.11. The van der Waals surface area contributed by atoms with Gasteiger partial charge in [0, 0.05) is 16.3 Å². The maximum absolute atomic E-state index is 14.5. The molecule has 0 saturated heterocycles. The Morgan fingerprint density at radius 1 is 1.09 bits per heavy atom. The summed E-state index contributed by atoms with van der Waals surface area (Å²) < 4.78 is 25.4. The van der Waals surface area contributed by atoms with E-state index in [0.29, 0.717) is 5.39 Å². The van der Waals surface area contributed by atoms with Crippen molar-refractivity contribution >= 4 is 19.2 Å². The first-order chi connectivity index (χ1) is 10.7. The fraction of sp³-hybridized carbons (Fsp3) is 0.167. The summed E-state index contributed by atoms with van der Waals surface area (Å²) in [6.45, 7) is 2.09. The highest BCUT2D eigenvalue weighted by Gasteiger charge is 2.15. The number of hydrogen-bond donors (Lipinski definition) is 0. The van der Waals surface area contributed by atoms with Crippen LogP contribution in [0, 0.1) is 5.82 Å². The lowest BCUT2D eigenvalue weighted by Gasteiger charge is -2.11. The summed E-state index contributed by atoms with van der Waals surface area (Å²) in [4.78, 5) is 4.45. The number of fused-ring (bicyclic) bond motifs is 1. The largest absolute Gasteiger partial charge is 0.275 e. The molecule has 3 aromatic rings. The average Bonchev–Trinajstić information content (AvgIpc) is 2.57. The van der Waals surface area contributed by atoms with Crippen LogP contribution in [0.3, 0.4) is 0 Å². The number of benzene rings is 2. The Morgan fingerprint density at radius 3 is 2.59 bits per heavy atom. The molecule has 2 aromatic carbocycles. The van der Waals surface area contributed by atoms with Crippen molar-refractivity contribution < 1.29 is 8.96 Å². The van der Waals surface area contributed by atoms with Crippen LogP contribution in [0.5, 0.6) is 0 Å². The van der Waals surface area contributed by atoms with Crippen LogP contribution in [0.4, 0.5) is 4.39 Å². The second kappa shape index (κ2) is 6.33. The highest BCUT2D eigenvalue weighted by atomic mass is 31.1. The third kappa shape index (κ3) is 2.65. The van der Waals surface area contributed by atoms with Gasteiger partial charge < -0.3 is 0 Å². The summed E-state index contributed by atoms with van der Waals surface area (Å²) in [5.41, 5.74) is 3.15. The van der Waals surface area contributed by atoms with E-state index in [-0.39, 0.29) is 26.1 Å². The molecule has 2 nitrogen and oxygen atoms in total. The quantitative estimate of drug-likeness (QED) is 0.604. The number of aromatic nitrogens is 1. The molecular weight excluding hydrogens is 296 g/mol. The fourth-order valence-corrected chi connectivity index (χ4v) is 2.94. The van der Waals surface area contributed by atoms with Gasteiger partial charge >= 0.3 is 0 Å². The molecule has 0 unspecified atom stereocenters. The molecule has 0 bridgehead atoms. The lowest BCUT2D eigenvalue weighted by atomic mass is 10.0. The van der Waals surface area contributed by atoms with Gasteiger partial charge in [-0.2, -0.15) is 0 Å². The van der Waals surface area contributed by atoms with E-state index >= 15 is 0 Å². The van der Waals surface area contributed by atoms with E-state index in [1.54, 1.807) is 12.1 Å². The number of aryl methyl sites for hydroxylation is 1. The zero-order chi connectivity index (χ0) is 15.5. The maximum Gasteiger partial charge on any atom is 0.161 e. The van der Waals surface area contributed by atoms with Crippen molar-refractivity contribution in [3.63, 3.8) is 0 Å². The van der Waals surface area contributed by atoms with Gasteiger partial charge in [-0.3, -0.25) is 4.57 Å². The minimum absolute atomic E-state index is 0.0805. The minimum atomic E-state index is -0.380. The lowest BCUT2D eigenvalue weighted by Crippen LogP contribution is -1.98. The number of halogens is 1. The summed E-state index contributed by atoms with van der Waals surface area (Å²) in [6, 6.07) is 15.4. The second-order valence-corrected chi connectivity index (χ2v) is 5.68. The third-order valence-electron chi connectivity index (χ3n) is 3.74. The van der Waals surface area contributed by atoms with E-state index in [2.05, 4.69) is 24.0 Å². The lowest BCUT2D eigenvalue weighted by molar-refractivity contribution is 0.593. The van der Waals surface area contributed by atoms with Crippen molar-refractivity contribution in [3.05, 3.63) is 65.6 Å². The first-order valence-corrected chi connectivity index (χ1v) is 8.20. The van der Waals surface area contributed by atoms with Crippen molar-refractivity contribution in [2.45, 2.75) is 19.5 Å². The molecule has 0 aliphatic heterocycles. The first-order valence-electron chi connectivity index (χ1n) is 7.20. The Bertz CT molecular complexity index is 848. The van der Waals surface area contributed by atoms with Crippen LogP contribution < -0.4 is 0 Å². The Labute approximate surface area is 130 Å². The van der Waals surface area contributed by atoms with Crippen LogP contribution in [-0.4, -0.2) is 4.98 Å². The van der Waals surface area contributed by atoms with Crippen molar-refractivity contribution in [2.24, 2.45) is 0 Å². The van der Waals surface area contributed by atoms with Crippen LogP contribution in [0.1, 0.15) is 18.2 Å². The Balaban J connectivity index is 2.31. The number of pyridine rings is 1. The molecule has 0 fully saturated rings. The maximum atomic E-state index is 14.5. The summed E-state index contributed by atoms with van der Waals surface area (Å²) >= 11 is 0. The van der Waals surface area contributed by atoms with Crippen LogP contribution >= 0.6 is 8.46 Å². The molecule has 22 heavy (non-hydrogen) atoms. The summed E-state index contributed by atoms with van der Waals surface area (Å²) in [6.07, 6.45) is 1.01. The van der Waals surface area contributed by atoms with Crippen LogP contribution in [0.15, 0.2) is 48.5 Å². The van der Waals surface area contributed by atoms with Gasteiger partial charge in [-0.25, -0.2) is 9.37 Å². The van der Waals surface area contributed by atoms with Crippen LogP contribution in [0.2, 0.25) is 0 Å². The van der Waals surface area contributed by atoms with Crippen LogP contribution in [-0.2, 0) is 17.1 Å². The predicted octanol–water partition coefficient (Wildman–Crippen LogP) is 5.40. The van der Waals surface area contributed by atoms with Gasteiger partial charge in [0.2, 0.25) is 0 Å². The van der Waals surface area contributed by atoms with Crippen LogP contribution in [0.25, 0.3) is 22.0 Å². The van der Waals surface area contributed by atoms with E-state index in [1.807, 2.05) is 24.3 Å². The molecule has 0 spiro atoms. The van der Waals surface area contributed by atoms with E-state index in [0.717, 1.165) is 23.1 Å². The van der Waals surface area contributed by atoms with Crippen molar-refractivity contribution in [1.29, 1.82) is 0 Å². The molecule has 0 radical (unpaired) electrons. The number of rotatable bonds is 4. The molecule has 0 N–H and O–H groups in total. The molecule has 0 aliphatic carbocycles. The smallest absolute Gasteiger partial charge is 0.161 e. The zero-order valence-electron chi connectivity index (χ0n) is 12.2. The molecule has 0 saturated carbocycles. The van der Waals surface area contributed by atoms with E-state index < -0.39 is 0 Å². The average molecular weight is 311 g/mol. The van der Waals surface area contributed by atoms with E-state index in [1.165, 1.54) is 5.56 Å². The van der Waals surface area contributed by atoms with E-state index in [4.69, 9.17) is 0 Å². The molecule has 110 valence electrons. The number of nitrogens with zero attached hydrogens (tertiary/aromatic N) is 1. The molecule has 3 rings (SSSR count). The Hall–Kier alpha value is -2.12. The van der Waals surface area contributed by atoms with Gasteiger partial charge in [0.05, 0.1) is 17.5 Å². The predicted molar refractivity (Wildman–Crippen MR) is 87.8 cm³/mol. The zero-order valence-corrected chi connectivity index (χ0v) is 13.1. The van der Waals surface area contributed by atoms with Crippen molar-refractivity contribution in [3.8, 4) is 11.3 Å². The summed E-state index contributed by atoms with van der Waals surface area (Å²) in [5, 5.41) is 1.30. The standard InChI is InChI=1S/C18H15FNOP/c1-2-12-6-5-7-13(10-12)18-15-9-4-3-8-14(15)17(19)16(20-18)11-22-21/h3-10H,2,11H2,1H3. The van der Waals surface area contributed by atoms with Crippen molar-refractivity contribution in [2.75, 3.05) is 0 Å². The molecule has 4 heteroatoms.